The molecule has 0 bridgehead atoms. The number of halogens is 1. The van der Waals surface area contributed by atoms with E-state index in [2.05, 4.69) is 4.72 Å². The molecule has 8 heteroatoms. The summed E-state index contributed by atoms with van der Waals surface area (Å²) in [6.07, 6.45) is 1.87. The van der Waals surface area contributed by atoms with Gasteiger partial charge < -0.3 is 10.6 Å². The van der Waals surface area contributed by atoms with Crippen LogP contribution in [0.5, 0.6) is 0 Å². The van der Waals surface area contributed by atoms with E-state index in [-0.39, 0.29) is 42.6 Å². The van der Waals surface area contributed by atoms with Crippen LogP contribution in [-0.2, 0) is 14.8 Å². The topological polar surface area (TPSA) is 92.5 Å². The minimum atomic E-state index is -3.27. The first kappa shape index (κ1) is 17.6. The molecule has 1 fully saturated rings. The van der Waals surface area contributed by atoms with Crippen LogP contribution in [0, 0.1) is 0 Å². The molecular weight excluding hydrogens is 278 g/mol. The zero-order chi connectivity index (χ0) is 13.1. The van der Waals surface area contributed by atoms with Gasteiger partial charge in [0.05, 0.1) is 5.75 Å². The van der Waals surface area contributed by atoms with Gasteiger partial charge in [-0.05, 0) is 26.8 Å². The Bertz CT molecular complexity index is 373. The number of rotatable bonds is 5. The van der Waals surface area contributed by atoms with Crippen LogP contribution in [0.25, 0.3) is 0 Å². The first-order valence-corrected chi connectivity index (χ1v) is 7.47. The van der Waals surface area contributed by atoms with E-state index in [1.54, 1.807) is 11.8 Å². The number of likely N-dealkylation sites (tertiary alicyclic amines) is 1. The summed E-state index contributed by atoms with van der Waals surface area (Å²) in [5.74, 6) is -0.0671. The van der Waals surface area contributed by atoms with Crippen LogP contribution < -0.4 is 10.5 Å². The Labute approximate surface area is 115 Å². The summed E-state index contributed by atoms with van der Waals surface area (Å²) in [7, 11) is -1.89. The summed E-state index contributed by atoms with van der Waals surface area (Å²) >= 11 is 0. The lowest BCUT2D eigenvalue weighted by Crippen LogP contribution is -2.43. The van der Waals surface area contributed by atoms with E-state index in [9.17, 15) is 13.2 Å². The molecule has 0 aromatic heterocycles. The standard InChI is InChI=1S/C10H21N3O3S.ClH/c1-8(11)6-10(14)13-5-3-4-9(13)7-17(15,16)12-2;/h8-9,12H,3-7,11H2,1-2H3;1H. The molecule has 1 aliphatic rings. The minimum Gasteiger partial charge on any atom is -0.339 e. The molecule has 0 spiro atoms. The fourth-order valence-electron chi connectivity index (χ4n) is 2.07. The van der Waals surface area contributed by atoms with E-state index in [0.29, 0.717) is 6.54 Å². The summed E-state index contributed by atoms with van der Waals surface area (Å²) in [5.41, 5.74) is 5.58. The molecule has 1 saturated heterocycles. The maximum atomic E-state index is 11.9. The lowest BCUT2D eigenvalue weighted by molar-refractivity contribution is -0.131. The van der Waals surface area contributed by atoms with Crippen molar-refractivity contribution in [3.63, 3.8) is 0 Å². The van der Waals surface area contributed by atoms with Crippen molar-refractivity contribution in [2.75, 3.05) is 19.3 Å². The molecule has 0 radical (unpaired) electrons. The van der Waals surface area contributed by atoms with Gasteiger partial charge in [-0.3, -0.25) is 4.79 Å². The molecule has 0 aromatic carbocycles. The Balaban J connectivity index is 0.00000289. The number of hydrogen-bond acceptors (Lipinski definition) is 4. The molecule has 1 heterocycles. The molecule has 0 aliphatic carbocycles. The quantitative estimate of drug-likeness (QED) is 0.728. The van der Waals surface area contributed by atoms with E-state index < -0.39 is 10.0 Å². The van der Waals surface area contributed by atoms with Crippen molar-refractivity contribution in [3.8, 4) is 0 Å². The SMILES string of the molecule is CNS(=O)(=O)CC1CCCN1C(=O)CC(C)N.Cl. The number of amides is 1. The smallest absolute Gasteiger partial charge is 0.224 e. The fourth-order valence-corrected chi connectivity index (χ4v) is 3.09. The Morgan fingerprint density at radius 2 is 2.17 bits per heavy atom. The highest BCUT2D eigenvalue weighted by atomic mass is 35.5. The third-order valence-electron chi connectivity index (χ3n) is 2.92. The highest BCUT2D eigenvalue weighted by Gasteiger charge is 2.31. The van der Waals surface area contributed by atoms with Gasteiger partial charge in [-0.1, -0.05) is 0 Å². The van der Waals surface area contributed by atoms with Gasteiger partial charge in [0.2, 0.25) is 15.9 Å². The molecule has 108 valence electrons. The van der Waals surface area contributed by atoms with Gasteiger partial charge in [0.25, 0.3) is 0 Å². The van der Waals surface area contributed by atoms with E-state index in [0.717, 1.165) is 12.8 Å². The number of hydrogen-bond donors (Lipinski definition) is 2. The summed E-state index contributed by atoms with van der Waals surface area (Å²) in [6.45, 7) is 2.41. The normalized spacial score (nSPS) is 21.5. The number of carbonyl (C=O) groups is 1. The molecule has 1 aliphatic heterocycles. The maximum Gasteiger partial charge on any atom is 0.224 e. The van der Waals surface area contributed by atoms with Crippen molar-refractivity contribution in [1.29, 1.82) is 0 Å². The average Bonchev–Trinajstić information content (AvgIpc) is 2.64. The zero-order valence-electron chi connectivity index (χ0n) is 10.8. The second-order valence-corrected chi connectivity index (χ2v) is 6.52. The number of nitrogens with two attached hydrogens (primary N) is 1. The van der Waals surface area contributed by atoms with Crippen LogP contribution in [0.2, 0.25) is 0 Å². The van der Waals surface area contributed by atoms with Crippen molar-refractivity contribution in [2.24, 2.45) is 5.73 Å². The minimum absolute atomic E-state index is 0. The second-order valence-electron chi connectivity index (χ2n) is 4.55. The molecule has 18 heavy (non-hydrogen) atoms. The highest BCUT2D eigenvalue weighted by Crippen LogP contribution is 2.19. The van der Waals surface area contributed by atoms with E-state index >= 15 is 0 Å². The molecule has 0 aromatic rings. The predicted molar refractivity (Wildman–Crippen MR) is 73.1 cm³/mol. The van der Waals surface area contributed by atoms with Gasteiger partial charge in [-0.2, -0.15) is 0 Å². The number of carbonyl (C=O) groups excluding carboxylic acids is 1. The monoisotopic (exact) mass is 299 g/mol. The lowest BCUT2D eigenvalue weighted by Gasteiger charge is -2.25. The van der Waals surface area contributed by atoms with Gasteiger partial charge >= 0.3 is 0 Å². The van der Waals surface area contributed by atoms with Crippen LogP contribution in [-0.4, -0.2) is 50.7 Å². The third-order valence-corrected chi connectivity index (χ3v) is 4.36. The predicted octanol–water partition coefficient (Wildman–Crippen LogP) is -0.314. The number of nitrogens with zero attached hydrogens (tertiary/aromatic N) is 1. The molecule has 0 saturated carbocycles. The fraction of sp³-hybridized carbons (Fsp3) is 0.900. The molecule has 2 unspecified atom stereocenters. The molecule has 3 N–H and O–H groups in total. The summed E-state index contributed by atoms with van der Waals surface area (Å²) in [6, 6.07) is -0.400. The van der Waals surface area contributed by atoms with Gasteiger partial charge in [-0.25, -0.2) is 13.1 Å². The summed E-state index contributed by atoms with van der Waals surface area (Å²) in [5, 5.41) is 0. The van der Waals surface area contributed by atoms with Gasteiger partial charge in [0.1, 0.15) is 0 Å². The van der Waals surface area contributed by atoms with E-state index in [1.165, 1.54) is 7.05 Å². The van der Waals surface area contributed by atoms with Crippen molar-refractivity contribution in [1.82, 2.24) is 9.62 Å². The number of sulfonamides is 1. The first-order valence-electron chi connectivity index (χ1n) is 5.82. The highest BCUT2D eigenvalue weighted by molar-refractivity contribution is 7.89. The molecular formula is C10H22ClN3O3S. The van der Waals surface area contributed by atoms with E-state index in [4.69, 9.17) is 5.73 Å². The van der Waals surface area contributed by atoms with Crippen LogP contribution in [0.15, 0.2) is 0 Å². The van der Waals surface area contributed by atoms with Crippen LogP contribution >= 0.6 is 12.4 Å². The van der Waals surface area contributed by atoms with E-state index in [1.807, 2.05) is 0 Å². The summed E-state index contributed by atoms with van der Waals surface area (Å²) in [4.78, 5) is 13.5. The van der Waals surface area contributed by atoms with Gasteiger partial charge in [0.15, 0.2) is 0 Å². The van der Waals surface area contributed by atoms with Gasteiger partial charge in [-0.15, -0.1) is 12.4 Å². The van der Waals surface area contributed by atoms with Crippen LogP contribution in [0.3, 0.4) is 0 Å². The molecule has 2 atom stereocenters. The third kappa shape index (κ3) is 5.09. The van der Waals surface area contributed by atoms with Gasteiger partial charge in [0, 0.05) is 25.0 Å². The first-order chi connectivity index (χ1) is 7.85. The van der Waals surface area contributed by atoms with Crippen molar-refractivity contribution >= 4 is 28.3 Å². The molecule has 1 rings (SSSR count). The Morgan fingerprint density at radius 3 is 2.67 bits per heavy atom. The van der Waals surface area contributed by atoms with Crippen molar-refractivity contribution in [2.45, 2.75) is 38.3 Å². The Kier molecular flexibility index (Phi) is 7.13. The van der Waals surface area contributed by atoms with Crippen molar-refractivity contribution in [3.05, 3.63) is 0 Å². The van der Waals surface area contributed by atoms with Crippen LogP contribution in [0.1, 0.15) is 26.2 Å². The number of nitrogens with one attached hydrogen (secondary N) is 1. The average molecular weight is 300 g/mol. The van der Waals surface area contributed by atoms with Crippen molar-refractivity contribution < 1.29 is 13.2 Å². The second kappa shape index (κ2) is 7.28. The Hall–Kier alpha value is -0.370. The lowest BCUT2D eigenvalue weighted by atomic mass is 10.2. The van der Waals surface area contributed by atoms with Crippen LogP contribution in [0.4, 0.5) is 0 Å². The maximum absolute atomic E-state index is 11.9. The summed E-state index contributed by atoms with van der Waals surface area (Å²) < 4.78 is 25.2. The largest absolute Gasteiger partial charge is 0.339 e. The Morgan fingerprint density at radius 1 is 1.56 bits per heavy atom. The molecule has 6 nitrogen and oxygen atoms in total. The zero-order valence-corrected chi connectivity index (χ0v) is 12.4. The molecule has 1 amide bonds.